The van der Waals surface area contributed by atoms with Crippen LogP contribution in [-0.2, 0) is 4.74 Å². The molecule has 112 valence electrons. The Morgan fingerprint density at radius 2 is 2.00 bits per heavy atom. The number of benzene rings is 1. The molecule has 6 heteroatoms. The zero-order valence-electron chi connectivity index (χ0n) is 12.4. The first kappa shape index (κ1) is 16.1. The third kappa shape index (κ3) is 3.77. The van der Waals surface area contributed by atoms with Crippen LogP contribution in [0, 0.1) is 0 Å². The van der Waals surface area contributed by atoms with Gasteiger partial charge in [0.1, 0.15) is 11.5 Å². The molecule has 3 N–H and O–H groups in total. The minimum Gasteiger partial charge on any atom is -0.497 e. The van der Waals surface area contributed by atoms with E-state index in [0.717, 1.165) is 6.42 Å². The number of nitrogens with two attached hydrogens (primary N) is 1. The van der Waals surface area contributed by atoms with Gasteiger partial charge < -0.3 is 25.3 Å². The number of ether oxygens (including phenoxy) is 3. The summed E-state index contributed by atoms with van der Waals surface area (Å²) in [7, 11) is 4.61. The predicted molar refractivity (Wildman–Crippen MR) is 77.4 cm³/mol. The van der Waals surface area contributed by atoms with Gasteiger partial charge >= 0.3 is 0 Å². The number of hydrogen-bond acceptors (Lipinski definition) is 5. The van der Waals surface area contributed by atoms with Crippen molar-refractivity contribution in [1.29, 1.82) is 0 Å². The second kappa shape index (κ2) is 7.59. The van der Waals surface area contributed by atoms with E-state index in [9.17, 15) is 4.79 Å². The number of nitrogen functional groups attached to an aromatic ring is 1. The summed E-state index contributed by atoms with van der Waals surface area (Å²) < 4.78 is 15.3. The number of anilines is 1. The number of carbonyl (C=O) groups excluding carboxylic acids is 1. The third-order valence-corrected chi connectivity index (χ3v) is 3.01. The van der Waals surface area contributed by atoms with Gasteiger partial charge in [-0.1, -0.05) is 6.92 Å². The molecule has 6 nitrogen and oxygen atoms in total. The van der Waals surface area contributed by atoms with E-state index in [1.165, 1.54) is 14.2 Å². The highest BCUT2D eigenvalue weighted by atomic mass is 16.5. The Labute approximate surface area is 119 Å². The van der Waals surface area contributed by atoms with Crippen molar-refractivity contribution in [3.8, 4) is 11.5 Å². The summed E-state index contributed by atoms with van der Waals surface area (Å²) in [6.07, 6.45) is 0.764. The van der Waals surface area contributed by atoms with E-state index < -0.39 is 0 Å². The van der Waals surface area contributed by atoms with E-state index in [1.54, 1.807) is 19.2 Å². The van der Waals surface area contributed by atoms with Gasteiger partial charge in [-0.05, 0) is 12.5 Å². The summed E-state index contributed by atoms with van der Waals surface area (Å²) in [6, 6.07) is 3.16. The number of hydrogen-bond donors (Lipinski definition) is 2. The van der Waals surface area contributed by atoms with Gasteiger partial charge in [0.25, 0.3) is 5.91 Å². The van der Waals surface area contributed by atoms with Crippen LogP contribution in [0.3, 0.4) is 0 Å². The van der Waals surface area contributed by atoms with Crippen LogP contribution in [0.2, 0.25) is 0 Å². The van der Waals surface area contributed by atoms with Gasteiger partial charge in [0, 0.05) is 13.2 Å². The molecule has 0 saturated carbocycles. The lowest BCUT2D eigenvalue weighted by molar-refractivity contribution is 0.0895. The molecule has 0 heterocycles. The maximum Gasteiger partial charge on any atom is 0.253 e. The maximum absolute atomic E-state index is 12.3. The highest BCUT2D eigenvalue weighted by Gasteiger charge is 2.18. The number of rotatable bonds is 7. The van der Waals surface area contributed by atoms with Gasteiger partial charge in [0.05, 0.1) is 38.1 Å². The van der Waals surface area contributed by atoms with Gasteiger partial charge in [-0.2, -0.15) is 0 Å². The second-order valence-corrected chi connectivity index (χ2v) is 4.32. The molecule has 1 rings (SSSR count). The maximum atomic E-state index is 12.3. The van der Waals surface area contributed by atoms with Crippen LogP contribution in [0.25, 0.3) is 0 Å². The van der Waals surface area contributed by atoms with Gasteiger partial charge in [-0.3, -0.25) is 4.79 Å². The Balaban J connectivity index is 3.02. The van der Waals surface area contributed by atoms with E-state index in [0.29, 0.717) is 23.7 Å². The molecule has 0 spiro atoms. The number of carbonyl (C=O) groups is 1. The number of amides is 1. The van der Waals surface area contributed by atoms with Gasteiger partial charge in [0.15, 0.2) is 0 Å². The summed E-state index contributed by atoms with van der Waals surface area (Å²) in [6.45, 7) is 2.42. The molecule has 0 bridgehead atoms. The summed E-state index contributed by atoms with van der Waals surface area (Å²) in [5.74, 6) is 0.652. The molecule has 1 atom stereocenters. The average Bonchev–Trinajstić information content (AvgIpc) is 2.46. The molecule has 1 amide bonds. The molecule has 20 heavy (non-hydrogen) atoms. The predicted octanol–water partition coefficient (Wildman–Crippen LogP) is 1.44. The van der Waals surface area contributed by atoms with Gasteiger partial charge in [-0.15, -0.1) is 0 Å². The molecule has 1 unspecified atom stereocenters. The Morgan fingerprint density at radius 1 is 1.30 bits per heavy atom. The molecule has 0 aliphatic rings. The Kier molecular flexibility index (Phi) is 6.11. The van der Waals surface area contributed by atoms with E-state index in [4.69, 9.17) is 19.9 Å². The molecule has 0 aliphatic carbocycles. The third-order valence-electron chi connectivity index (χ3n) is 3.01. The van der Waals surface area contributed by atoms with Crippen molar-refractivity contribution in [1.82, 2.24) is 5.32 Å². The van der Waals surface area contributed by atoms with Crippen LogP contribution in [0.1, 0.15) is 23.7 Å². The monoisotopic (exact) mass is 282 g/mol. The molecule has 1 aromatic carbocycles. The topological polar surface area (TPSA) is 82.8 Å². The standard InChI is InChI=1S/C14H22N2O4/c1-5-9(8-18-2)16-14(17)11-6-10(19-3)7-12(20-4)13(11)15/h6-7,9H,5,8,15H2,1-4H3,(H,16,17). The highest BCUT2D eigenvalue weighted by Crippen LogP contribution is 2.31. The van der Waals surface area contributed by atoms with Crippen molar-refractivity contribution in [2.75, 3.05) is 33.7 Å². The first-order valence-electron chi connectivity index (χ1n) is 6.38. The quantitative estimate of drug-likeness (QED) is 0.739. The van der Waals surface area contributed by atoms with Crippen LogP contribution in [-0.4, -0.2) is 39.9 Å². The van der Waals surface area contributed by atoms with Crippen molar-refractivity contribution >= 4 is 11.6 Å². The molecule has 0 fully saturated rings. The molecule has 0 aromatic heterocycles. The van der Waals surface area contributed by atoms with Crippen molar-refractivity contribution < 1.29 is 19.0 Å². The molecular formula is C14H22N2O4. The first-order valence-corrected chi connectivity index (χ1v) is 6.38. The van der Waals surface area contributed by atoms with Gasteiger partial charge in [-0.25, -0.2) is 0 Å². The van der Waals surface area contributed by atoms with Gasteiger partial charge in [0.2, 0.25) is 0 Å². The van der Waals surface area contributed by atoms with Crippen molar-refractivity contribution in [3.63, 3.8) is 0 Å². The smallest absolute Gasteiger partial charge is 0.253 e. The van der Waals surface area contributed by atoms with Crippen LogP contribution in [0.4, 0.5) is 5.69 Å². The fourth-order valence-corrected chi connectivity index (χ4v) is 1.80. The number of methoxy groups -OCH3 is 3. The lowest BCUT2D eigenvalue weighted by Crippen LogP contribution is -2.37. The Morgan fingerprint density at radius 3 is 2.50 bits per heavy atom. The molecule has 0 aliphatic heterocycles. The zero-order chi connectivity index (χ0) is 15.1. The molecular weight excluding hydrogens is 260 g/mol. The second-order valence-electron chi connectivity index (χ2n) is 4.32. The summed E-state index contributed by atoms with van der Waals surface area (Å²) in [5.41, 5.74) is 6.56. The van der Waals surface area contributed by atoms with Crippen LogP contribution >= 0.6 is 0 Å². The lowest BCUT2D eigenvalue weighted by Gasteiger charge is -2.18. The van der Waals surface area contributed by atoms with E-state index in [2.05, 4.69) is 5.32 Å². The van der Waals surface area contributed by atoms with E-state index in [1.807, 2.05) is 6.92 Å². The first-order chi connectivity index (χ1) is 9.57. The average molecular weight is 282 g/mol. The zero-order valence-corrected chi connectivity index (χ0v) is 12.4. The Bertz CT molecular complexity index is 463. The van der Waals surface area contributed by atoms with Crippen molar-refractivity contribution in [2.24, 2.45) is 0 Å². The SMILES string of the molecule is CCC(COC)NC(=O)c1cc(OC)cc(OC)c1N. The van der Waals surface area contributed by atoms with Crippen LogP contribution in [0.15, 0.2) is 12.1 Å². The fourth-order valence-electron chi connectivity index (χ4n) is 1.80. The van der Waals surface area contributed by atoms with Crippen molar-refractivity contribution in [3.05, 3.63) is 17.7 Å². The Hall–Kier alpha value is -1.95. The minimum absolute atomic E-state index is 0.0657. The minimum atomic E-state index is -0.274. The lowest BCUT2D eigenvalue weighted by atomic mass is 10.1. The number of nitrogens with one attached hydrogen (secondary N) is 1. The van der Waals surface area contributed by atoms with E-state index in [-0.39, 0.29) is 17.6 Å². The summed E-state index contributed by atoms with van der Waals surface area (Å²) >= 11 is 0. The molecule has 1 aromatic rings. The molecule has 0 radical (unpaired) electrons. The normalized spacial score (nSPS) is 11.8. The summed E-state index contributed by atoms with van der Waals surface area (Å²) in [5, 5.41) is 2.87. The van der Waals surface area contributed by atoms with E-state index >= 15 is 0 Å². The fraction of sp³-hybridized carbons (Fsp3) is 0.500. The van der Waals surface area contributed by atoms with Crippen LogP contribution in [0.5, 0.6) is 11.5 Å². The highest BCUT2D eigenvalue weighted by molar-refractivity contribution is 6.01. The summed E-state index contributed by atoms with van der Waals surface area (Å²) in [4.78, 5) is 12.3. The van der Waals surface area contributed by atoms with Crippen molar-refractivity contribution in [2.45, 2.75) is 19.4 Å². The molecule has 0 saturated heterocycles. The van der Waals surface area contributed by atoms with Crippen LogP contribution < -0.4 is 20.5 Å². The largest absolute Gasteiger partial charge is 0.497 e.